The minimum Gasteiger partial charge on any atom is -0.331 e. The van der Waals surface area contributed by atoms with Gasteiger partial charge in [0.2, 0.25) is 0 Å². The van der Waals surface area contributed by atoms with E-state index < -0.39 is 5.83 Å². The van der Waals surface area contributed by atoms with Gasteiger partial charge in [0.15, 0.2) is 5.78 Å². The fraction of sp³-hybridized carbons (Fsp3) is 0.529. The van der Waals surface area contributed by atoms with E-state index in [4.69, 9.17) is 11.6 Å². The molecule has 0 saturated heterocycles. The van der Waals surface area contributed by atoms with Gasteiger partial charge in [-0.2, -0.15) is 0 Å². The lowest BCUT2D eigenvalue weighted by Crippen LogP contribution is -2.24. The molecule has 0 spiro atoms. The third kappa shape index (κ3) is 4.54. The first-order valence-corrected chi connectivity index (χ1v) is 8.13. The first-order chi connectivity index (χ1) is 10.5. The predicted molar refractivity (Wildman–Crippen MR) is 88.8 cm³/mol. The van der Waals surface area contributed by atoms with Gasteiger partial charge in [0.1, 0.15) is 5.83 Å². The highest BCUT2D eigenvalue weighted by atomic mass is 35.5. The van der Waals surface area contributed by atoms with Crippen LogP contribution in [0.3, 0.4) is 0 Å². The molecule has 5 heteroatoms. The highest BCUT2D eigenvalue weighted by Crippen LogP contribution is 2.36. The standard InChI is InChI=1S/C17H22ClFN2O/c1-3-17(21-10-16(20-11-21)13-5-6-13)12(2)4-7-14(19)8-15(22)9-18/h3,7,11,13,16H,1,4-6,8-10H2,2H3/b14-7+,17-12+. The van der Waals surface area contributed by atoms with E-state index >= 15 is 0 Å². The highest BCUT2D eigenvalue weighted by molar-refractivity contribution is 6.27. The van der Waals surface area contributed by atoms with Crippen molar-refractivity contribution in [2.24, 2.45) is 10.9 Å². The molecule has 2 rings (SSSR count). The first kappa shape index (κ1) is 16.9. The number of carbonyl (C=O) groups is 1. The second-order valence-corrected chi connectivity index (χ2v) is 6.16. The number of halogens is 2. The molecule has 1 heterocycles. The second-order valence-electron chi connectivity index (χ2n) is 5.90. The average Bonchev–Trinajstić information content (AvgIpc) is 3.25. The smallest absolute Gasteiger partial charge is 0.154 e. The summed E-state index contributed by atoms with van der Waals surface area (Å²) in [4.78, 5) is 17.7. The van der Waals surface area contributed by atoms with Gasteiger partial charge in [0.25, 0.3) is 0 Å². The van der Waals surface area contributed by atoms with E-state index in [9.17, 15) is 9.18 Å². The van der Waals surface area contributed by atoms with E-state index in [1.165, 1.54) is 18.9 Å². The van der Waals surface area contributed by atoms with Gasteiger partial charge in [-0.1, -0.05) is 6.58 Å². The van der Waals surface area contributed by atoms with Gasteiger partial charge in [-0.05, 0) is 49.8 Å². The molecule has 0 bridgehead atoms. The molecular weight excluding hydrogens is 303 g/mol. The molecule has 1 aliphatic heterocycles. The van der Waals surface area contributed by atoms with Crippen LogP contribution in [0.4, 0.5) is 4.39 Å². The number of alkyl halides is 1. The molecule has 120 valence electrons. The fourth-order valence-corrected chi connectivity index (χ4v) is 2.68. The maximum Gasteiger partial charge on any atom is 0.154 e. The van der Waals surface area contributed by atoms with Crippen LogP contribution in [-0.4, -0.2) is 35.5 Å². The summed E-state index contributed by atoms with van der Waals surface area (Å²) in [5, 5.41) is 0. The van der Waals surface area contributed by atoms with Crippen LogP contribution in [-0.2, 0) is 4.79 Å². The van der Waals surface area contributed by atoms with Crippen LogP contribution >= 0.6 is 11.6 Å². The maximum absolute atomic E-state index is 13.6. The largest absolute Gasteiger partial charge is 0.331 e. The third-order valence-electron chi connectivity index (χ3n) is 4.03. The molecule has 2 aliphatic rings. The van der Waals surface area contributed by atoms with Gasteiger partial charge in [0, 0.05) is 12.2 Å². The number of hydrogen-bond donors (Lipinski definition) is 0. The van der Waals surface area contributed by atoms with Crippen molar-refractivity contribution in [1.29, 1.82) is 0 Å². The number of hydrogen-bond acceptors (Lipinski definition) is 3. The number of aliphatic imine (C=N–C) groups is 1. The second kappa shape index (κ2) is 7.73. The van der Waals surface area contributed by atoms with Crippen LogP contribution in [0.2, 0.25) is 0 Å². The van der Waals surface area contributed by atoms with E-state index in [1.54, 1.807) is 6.08 Å². The Balaban J connectivity index is 1.97. The van der Waals surface area contributed by atoms with Crippen molar-refractivity contribution in [2.45, 2.75) is 38.6 Å². The van der Waals surface area contributed by atoms with Gasteiger partial charge in [0.05, 0.1) is 24.7 Å². The van der Waals surface area contributed by atoms with Gasteiger partial charge in [-0.25, -0.2) is 4.39 Å². The molecule has 0 aromatic carbocycles. The van der Waals surface area contributed by atoms with E-state index in [0.717, 1.165) is 23.7 Å². The number of Topliss-reactive ketones (excluding diaryl/α,β-unsaturated/α-hetero) is 1. The highest BCUT2D eigenvalue weighted by Gasteiger charge is 2.34. The summed E-state index contributed by atoms with van der Waals surface area (Å²) in [5.41, 5.74) is 1.98. The molecule has 1 saturated carbocycles. The van der Waals surface area contributed by atoms with E-state index in [2.05, 4.69) is 16.5 Å². The summed E-state index contributed by atoms with van der Waals surface area (Å²) in [6.07, 6.45) is 7.84. The van der Waals surface area contributed by atoms with Crippen LogP contribution < -0.4 is 0 Å². The quantitative estimate of drug-likeness (QED) is 0.499. The molecule has 0 N–H and O–H groups in total. The van der Waals surface area contributed by atoms with Crippen molar-refractivity contribution >= 4 is 23.7 Å². The number of allylic oxidation sites excluding steroid dienone is 4. The lowest BCUT2D eigenvalue weighted by molar-refractivity contribution is -0.116. The summed E-state index contributed by atoms with van der Waals surface area (Å²) in [5.74, 6) is -0.160. The maximum atomic E-state index is 13.6. The minimum atomic E-state index is -0.431. The van der Waals surface area contributed by atoms with Crippen molar-refractivity contribution in [1.82, 2.24) is 4.90 Å². The van der Waals surface area contributed by atoms with Crippen LogP contribution in [0, 0.1) is 5.92 Å². The zero-order valence-electron chi connectivity index (χ0n) is 12.9. The topological polar surface area (TPSA) is 32.7 Å². The molecule has 3 nitrogen and oxygen atoms in total. The first-order valence-electron chi connectivity index (χ1n) is 7.59. The van der Waals surface area contributed by atoms with E-state index in [0.29, 0.717) is 12.5 Å². The monoisotopic (exact) mass is 324 g/mol. The summed E-state index contributed by atoms with van der Waals surface area (Å²) < 4.78 is 13.6. The zero-order chi connectivity index (χ0) is 16.1. The van der Waals surface area contributed by atoms with Crippen LogP contribution in [0.1, 0.15) is 32.6 Å². The molecule has 1 fully saturated rings. The van der Waals surface area contributed by atoms with Crippen molar-refractivity contribution in [2.75, 3.05) is 12.4 Å². The summed E-state index contributed by atoms with van der Waals surface area (Å²) in [6, 6.07) is 0.386. The van der Waals surface area contributed by atoms with E-state index in [-0.39, 0.29) is 18.1 Å². The molecule has 0 aromatic rings. The molecule has 0 radical (unpaired) electrons. The molecule has 22 heavy (non-hydrogen) atoms. The summed E-state index contributed by atoms with van der Waals surface area (Å²) in [7, 11) is 0. The minimum absolute atomic E-state index is 0.152. The molecule has 0 amide bonds. The Morgan fingerprint density at radius 2 is 2.27 bits per heavy atom. The SMILES string of the molecule is C=C/C(=C(/C)C/C=C(/F)CC(=O)CCl)N1C=NC(C2CC2)C1. The normalized spacial score (nSPS) is 22.8. The number of carbonyl (C=O) groups excluding carboxylic acids is 1. The average molecular weight is 325 g/mol. The third-order valence-corrected chi connectivity index (χ3v) is 4.33. The lowest BCUT2D eigenvalue weighted by atomic mass is 10.1. The van der Waals surface area contributed by atoms with Gasteiger partial charge >= 0.3 is 0 Å². The Kier molecular flexibility index (Phi) is 5.95. The number of rotatable bonds is 8. The predicted octanol–water partition coefficient (Wildman–Crippen LogP) is 4.01. The Hall–Kier alpha value is -1.42. The molecular formula is C17H22ClFN2O. The molecule has 1 unspecified atom stereocenters. The summed E-state index contributed by atoms with van der Waals surface area (Å²) in [6.45, 7) is 6.68. The molecule has 1 atom stereocenters. The van der Waals surface area contributed by atoms with Crippen LogP contribution in [0.25, 0.3) is 0 Å². The summed E-state index contributed by atoms with van der Waals surface area (Å²) >= 11 is 5.37. The van der Waals surface area contributed by atoms with Gasteiger partial charge < -0.3 is 4.90 Å². The Labute approximate surface area is 136 Å². The van der Waals surface area contributed by atoms with Crippen molar-refractivity contribution in [3.05, 3.63) is 35.8 Å². The van der Waals surface area contributed by atoms with Gasteiger partial charge in [-0.15, -0.1) is 11.6 Å². The zero-order valence-corrected chi connectivity index (χ0v) is 13.7. The lowest BCUT2D eigenvalue weighted by Gasteiger charge is -2.19. The van der Waals surface area contributed by atoms with Crippen LogP contribution in [0.15, 0.2) is 40.8 Å². The van der Waals surface area contributed by atoms with Gasteiger partial charge in [-0.3, -0.25) is 9.79 Å². The van der Waals surface area contributed by atoms with Crippen molar-refractivity contribution in [3.63, 3.8) is 0 Å². The van der Waals surface area contributed by atoms with Crippen molar-refractivity contribution in [3.8, 4) is 0 Å². The fourth-order valence-electron chi connectivity index (χ4n) is 2.59. The number of nitrogens with zero attached hydrogens (tertiary/aromatic N) is 2. The Morgan fingerprint density at radius 3 is 2.86 bits per heavy atom. The van der Waals surface area contributed by atoms with E-state index in [1.807, 2.05) is 13.3 Å². The Morgan fingerprint density at radius 1 is 1.55 bits per heavy atom. The molecule has 1 aliphatic carbocycles. The Bertz CT molecular complexity index is 535. The van der Waals surface area contributed by atoms with Crippen molar-refractivity contribution < 1.29 is 9.18 Å². The molecule has 0 aromatic heterocycles. The van der Waals surface area contributed by atoms with Crippen LogP contribution in [0.5, 0.6) is 0 Å². The number of ketones is 1.